The molecule has 1 saturated heterocycles. The van der Waals surface area contributed by atoms with E-state index in [0.717, 1.165) is 54.8 Å². The third-order valence-electron chi connectivity index (χ3n) is 3.78. The van der Waals surface area contributed by atoms with Crippen LogP contribution >= 0.6 is 15.9 Å². The highest BCUT2D eigenvalue weighted by Gasteiger charge is 2.18. The average Bonchev–Trinajstić information content (AvgIpc) is 2.91. The molecular formula is C16H23BrN2O3. The predicted octanol–water partition coefficient (Wildman–Crippen LogP) is 2.57. The largest absolute Gasteiger partial charge is 0.493 e. The van der Waals surface area contributed by atoms with Crippen LogP contribution in [0.15, 0.2) is 16.6 Å². The molecule has 1 aromatic rings. The highest BCUT2D eigenvalue weighted by Crippen LogP contribution is 2.36. The van der Waals surface area contributed by atoms with Crippen LogP contribution in [0, 0.1) is 0 Å². The van der Waals surface area contributed by atoms with Gasteiger partial charge < -0.3 is 19.7 Å². The normalized spacial score (nSPS) is 14.5. The van der Waals surface area contributed by atoms with Crippen LogP contribution < -0.4 is 14.8 Å². The topological polar surface area (TPSA) is 50.8 Å². The van der Waals surface area contributed by atoms with Crippen molar-refractivity contribution in [2.45, 2.75) is 25.8 Å². The van der Waals surface area contributed by atoms with Gasteiger partial charge in [0.2, 0.25) is 5.91 Å². The van der Waals surface area contributed by atoms with Crippen molar-refractivity contribution in [3.8, 4) is 11.5 Å². The zero-order valence-electron chi connectivity index (χ0n) is 13.2. The van der Waals surface area contributed by atoms with E-state index in [1.54, 1.807) is 14.2 Å². The number of benzene rings is 1. The molecule has 6 heteroatoms. The quantitative estimate of drug-likeness (QED) is 0.714. The maximum absolute atomic E-state index is 11.5. The minimum absolute atomic E-state index is 0.295. The average molecular weight is 371 g/mol. The summed E-state index contributed by atoms with van der Waals surface area (Å²) < 4.78 is 11.5. The van der Waals surface area contributed by atoms with Crippen molar-refractivity contribution >= 4 is 21.8 Å². The van der Waals surface area contributed by atoms with Crippen LogP contribution in [0.3, 0.4) is 0 Å². The summed E-state index contributed by atoms with van der Waals surface area (Å²) in [5.74, 6) is 1.72. The molecule has 0 aromatic heterocycles. The van der Waals surface area contributed by atoms with Crippen molar-refractivity contribution in [3.63, 3.8) is 0 Å². The zero-order valence-corrected chi connectivity index (χ0v) is 14.7. The smallest absolute Gasteiger partial charge is 0.222 e. The van der Waals surface area contributed by atoms with Crippen LogP contribution in [-0.4, -0.2) is 44.7 Å². The summed E-state index contributed by atoms with van der Waals surface area (Å²) in [4.78, 5) is 13.5. The van der Waals surface area contributed by atoms with E-state index in [2.05, 4.69) is 21.2 Å². The number of carbonyl (C=O) groups is 1. The molecule has 2 rings (SSSR count). The lowest BCUT2D eigenvalue weighted by atomic mass is 10.2. The fourth-order valence-electron chi connectivity index (χ4n) is 2.64. The van der Waals surface area contributed by atoms with E-state index in [-0.39, 0.29) is 0 Å². The van der Waals surface area contributed by atoms with E-state index in [4.69, 9.17) is 9.47 Å². The van der Waals surface area contributed by atoms with Crippen molar-refractivity contribution in [2.24, 2.45) is 0 Å². The number of nitrogens with one attached hydrogen (secondary N) is 1. The molecule has 0 radical (unpaired) electrons. The molecule has 0 bridgehead atoms. The Balaban J connectivity index is 1.77. The first-order chi connectivity index (χ1) is 10.7. The number of amides is 1. The van der Waals surface area contributed by atoms with Crippen LogP contribution in [-0.2, 0) is 11.3 Å². The van der Waals surface area contributed by atoms with Crippen LogP contribution in [0.25, 0.3) is 0 Å². The lowest BCUT2D eigenvalue weighted by Crippen LogP contribution is -2.28. The van der Waals surface area contributed by atoms with Gasteiger partial charge in [0.15, 0.2) is 11.5 Å². The lowest BCUT2D eigenvalue weighted by molar-refractivity contribution is -0.127. The van der Waals surface area contributed by atoms with E-state index in [1.807, 2.05) is 17.0 Å². The molecule has 122 valence electrons. The van der Waals surface area contributed by atoms with Gasteiger partial charge in [-0.05, 0) is 53.0 Å². The summed E-state index contributed by atoms with van der Waals surface area (Å²) in [6, 6.07) is 4.00. The van der Waals surface area contributed by atoms with Crippen LogP contribution in [0.5, 0.6) is 11.5 Å². The molecular weight excluding hydrogens is 348 g/mol. The summed E-state index contributed by atoms with van der Waals surface area (Å²) in [6.07, 6.45) is 2.69. The Morgan fingerprint density at radius 2 is 2.14 bits per heavy atom. The van der Waals surface area contributed by atoms with Crippen molar-refractivity contribution in [3.05, 3.63) is 22.2 Å². The van der Waals surface area contributed by atoms with E-state index >= 15 is 0 Å². The SMILES string of the molecule is COc1cc(CNCCCN2CCCC2=O)cc(Br)c1OC. The second-order valence-electron chi connectivity index (χ2n) is 5.33. The van der Waals surface area contributed by atoms with Gasteiger partial charge in [0.1, 0.15) is 0 Å². The first-order valence-electron chi connectivity index (χ1n) is 7.54. The number of nitrogens with zero attached hydrogens (tertiary/aromatic N) is 1. The number of halogens is 1. The fourth-order valence-corrected chi connectivity index (χ4v) is 3.29. The Kier molecular flexibility index (Phi) is 6.51. The van der Waals surface area contributed by atoms with Gasteiger partial charge in [0, 0.05) is 26.1 Å². The highest BCUT2D eigenvalue weighted by atomic mass is 79.9. The predicted molar refractivity (Wildman–Crippen MR) is 89.4 cm³/mol. The van der Waals surface area contributed by atoms with Crippen LogP contribution in [0.4, 0.5) is 0 Å². The Morgan fingerprint density at radius 3 is 2.77 bits per heavy atom. The monoisotopic (exact) mass is 370 g/mol. The maximum Gasteiger partial charge on any atom is 0.222 e. The summed E-state index contributed by atoms with van der Waals surface area (Å²) in [5.41, 5.74) is 1.13. The van der Waals surface area contributed by atoms with E-state index in [9.17, 15) is 4.79 Å². The standard InChI is InChI=1S/C16H23BrN2O3/c1-21-14-10-12(9-13(17)16(14)22-2)11-18-6-4-8-19-7-3-5-15(19)20/h9-10,18H,3-8,11H2,1-2H3. The molecule has 0 spiro atoms. The fraction of sp³-hybridized carbons (Fsp3) is 0.562. The molecule has 1 aliphatic heterocycles. The van der Waals surface area contributed by atoms with Crippen LogP contribution in [0.2, 0.25) is 0 Å². The zero-order chi connectivity index (χ0) is 15.9. The van der Waals surface area contributed by atoms with Gasteiger partial charge in [-0.1, -0.05) is 0 Å². The summed E-state index contributed by atoms with van der Waals surface area (Å²) >= 11 is 3.50. The molecule has 5 nitrogen and oxygen atoms in total. The third kappa shape index (κ3) is 4.36. The maximum atomic E-state index is 11.5. The third-order valence-corrected chi connectivity index (χ3v) is 4.36. The van der Waals surface area contributed by atoms with Crippen molar-refractivity contribution in [2.75, 3.05) is 33.9 Å². The van der Waals surface area contributed by atoms with Gasteiger partial charge in [0.05, 0.1) is 18.7 Å². The van der Waals surface area contributed by atoms with E-state index < -0.39 is 0 Å². The molecule has 22 heavy (non-hydrogen) atoms. The van der Waals surface area contributed by atoms with Gasteiger partial charge in [-0.3, -0.25) is 4.79 Å². The molecule has 1 amide bonds. The van der Waals surface area contributed by atoms with Gasteiger partial charge in [-0.2, -0.15) is 0 Å². The van der Waals surface area contributed by atoms with Crippen molar-refractivity contribution in [1.29, 1.82) is 0 Å². The minimum atomic E-state index is 0.295. The second kappa shape index (κ2) is 8.39. The van der Waals surface area contributed by atoms with Gasteiger partial charge in [-0.15, -0.1) is 0 Å². The molecule has 1 heterocycles. The number of carbonyl (C=O) groups excluding carboxylic acids is 1. The first-order valence-corrected chi connectivity index (χ1v) is 8.34. The molecule has 1 fully saturated rings. The molecule has 0 unspecified atom stereocenters. The van der Waals surface area contributed by atoms with E-state index in [0.29, 0.717) is 18.1 Å². The van der Waals surface area contributed by atoms with Gasteiger partial charge >= 0.3 is 0 Å². The van der Waals surface area contributed by atoms with Gasteiger partial charge in [0.25, 0.3) is 0 Å². The number of hydrogen-bond donors (Lipinski definition) is 1. The molecule has 1 aliphatic rings. The Bertz CT molecular complexity index is 522. The summed E-state index contributed by atoms with van der Waals surface area (Å²) in [7, 11) is 3.26. The number of ether oxygens (including phenoxy) is 2. The number of hydrogen-bond acceptors (Lipinski definition) is 4. The molecule has 0 saturated carbocycles. The van der Waals surface area contributed by atoms with Gasteiger partial charge in [-0.25, -0.2) is 0 Å². The Hall–Kier alpha value is -1.27. The highest BCUT2D eigenvalue weighted by molar-refractivity contribution is 9.10. The molecule has 1 N–H and O–H groups in total. The minimum Gasteiger partial charge on any atom is -0.493 e. The number of likely N-dealkylation sites (tertiary alicyclic amines) is 1. The van der Waals surface area contributed by atoms with E-state index in [1.165, 1.54) is 0 Å². The molecule has 1 aromatic carbocycles. The summed E-state index contributed by atoms with van der Waals surface area (Å²) in [5, 5.41) is 3.40. The Morgan fingerprint density at radius 1 is 1.32 bits per heavy atom. The Labute approximate surface area is 140 Å². The lowest BCUT2D eigenvalue weighted by Gasteiger charge is -2.15. The summed E-state index contributed by atoms with van der Waals surface area (Å²) in [6.45, 7) is 3.41. The molecule has 0 aliphatic carbocycles. The van der Waals surface area contributed by atoms with Crippen molar-refractivity contribution < 1.29 is 14.3 Å². The first kappa shape index (κ1) is 17.1. The van der Waals surface area contributed by atoms with Crippen LogP contribution in [0.1, 0.15) is 24.8 Å². The number of rotatable bonds is 8. The molecule has 0 atom stereocenters. The number of methoxy groups -OCH3 is 2. The van der Waals surface area contributed by atoms with Crippen molar-refractivity contribution in [1.82, 2.24) is 10.2 Å². The second-order valence-corrected chi connectivity index (χ2v) is 6.18.